The summed E-state index contributed by atoms with van der Waals surface area (Å²) in [5, 5.41) is 0. The second kappa shape index (κ2) is 3.31. The number of aromatic nitrogens is 1. The van der Waals surface area contributed by atoms with E-state index in [0.717, 1.165) is 4.90 Å². The number of anilines is 1. The van der Waals surface area contributed by atoms with E-state index >= 15 is 0 Å². The number of aryl methyl sites for hydroxylation is 1. The van der Waals surface area contributed by atoms with Crippen molar-refractivity contribution in [1.82, 2.24) is 4.98 Å². The van der Waals surface area contributed by atoms with Crippen molar-refractivity contribution in [3.8, 4) is 0 Å². The van der Waals surface area contributed by atoms with Crippen molar-refractivity contribution in [2.24, 2.45) is 0 Å². The third-order valence-corrected chi connectivity index (χ3v) is 2.32. The molecule has 1 aromatic heterocycles. The van der Waals surface area contributed by atoms with Gasteiger partial charge in [0.25, 0.3) is 11.8 Å². The number of imide groups is 1. The fraction of sp³-hybridized carbons (Fsp3) is 0.182. The van der Waals surface area contributed by atoms with E-state index in [1.165, 1.54) is 6.08 Å². The maximum Gasteiger partial charge on any atom is 0.261 e. The Labute approximate surface area is 87.2 Å². The standard InChI is InChI=1S/C11H10N2O2/c1-7-6-10(14)13(11(7)15)9-4-3-5-12-8(9)2/h3-6H,1-2H3. The Morgan fingerprint density at radius 2 is 2.00 bits per heavy atom. The highest BCUT2D eigenvalue weighted by atomic mass is 16.2. The molecule has 4 nitrogen and oxygen atoms in total. The monoisotopic (exact) mass is 202 g/mol. The number of hydrogen-bond donors (Lipinski definition) is 0. The molecule has 0 bridgehead atoms. The first kappa shape index (κ1) is 9.58. The van der Waals surface area contributed by atoms with Gasteiger partial charge in [-0.15, -0.1) is 0 Å². The van der Waals surface area contributed by atoms with Crippen LogP contribution in [0.3, 0.4) is 0 Å². The van der Waals surface area contributed by atoms with Crippen LogP contribution in [0.25, 0.3) is 0 Å². The highest BCUT2D eigenvalue weighted by molar-refractivity contribution is 6.30. The number of pyridine rings is 1. The van der Waals surface area contributed by atoms with Crippen LogP contribution in [0, 0.1) is 6.92 Å². The number of carbonyl (C=O) groups is 2. The fourth-order valence-corrected chi connectivity index (χ4v) is 1.53. The zero-order chi connectivity index (χ0) is 11.0. The molecule has 15 heavy (non-hydrogen) atoms. The van der Waals surface area contributed by atoms with Gasteiger partial charge in [0, 0.05) is 17.8 Å². The number of carbonyl (C=O) groups excluding carboxylic acids is 2. The summed E-state index contributed by atoms with van der Waals surface area (Å²) >= 11 is 0. The molecule has 0 saturated heterocycles. The second-order valence-corrected chi connectivity index (χ2v) is 3.41. The molecule has 0 N–H and O–H groups in total. The van der Waals surface area contributed by atoms with E-state index in [1.807, 2.05) is 0 Å². The molecule has 0 atom stereocenters. The van der Waals surface area contributed by atoms with Gasteiger partial charge in [-0.3, -0.25) is 14.6 Å². The Balaban J connectivity index is 2.47. The summed E-state index contributed by atoms with van der Waals surface area (Å²) < 4.78 is 0. The third-order valence-electron chi connectivity index (χ3n) is 2.32. The highest BCUT2D eigenvalue weighted by Gasteiger charge is 2.30. The minimum absolute atomic E-state index is 0.267. The van der Waals surface area contributed by atoms with E-state index in [9.17, 15) is 9.59 Å². The molecule has 0 aromatic carbocycles. The molecule has 76 valence electrons. The molecular weight excluding hydrogens is 192 g/mol. The lowest BCUT2D eigenvalue weighted by Crippen LogP contribution is -2.31. The largest absolute Gasteiger partial charge is 0.269 e. The average molecular weight is 202 g/mol. The molecule has 0 spiro atoms. The van der Waals surface area contributed by atoms with Crippen molar-refractivity contribution in [3.05, 3.63) is 35.7 Å². The fourth-order valence-electron chi connectivity index (χ4n) is 1.53. The Hall–Kier alpha value is -1.97. The summed E-state index contributed by atoms with van der Waals surface area (Å²) in [6, 6.07) is 3.42. The van der Waals surface area contributed by atoms with Gasteiger partial charge in [-0.1, -0.05) is 0 Å². The summed E-state index contributed by atoms with van der Waals surface area (Å²) in [7, 11) is 0. The van der Waals surface area contributed by atoms with Gasteiger partial charge in [-0.05, 0) is 26.0 Å². The predicted octanol–water partition coefficient (Wildman–Crippen LogP) is 1.21. The smallest absolute Gasteiger partial charge is 0.261 e. The maximum absolute atomic E-state index is 11.7. The first-order chi connectivity index (χ1) is 7.11. The van der Waals surface area contributed by atoms with Crippen molar-refractivity contribution in [2.75, 3.05) is 4.90 Å². The lowest BCUT2D eigenvalue weighted by molar-refractivity contribution is -0.120. The van der Waals surface area contributed by atoms with Gasteiger partial charge >= 0.3 is 0 Å². The van der Waals surface area contributed by atoms with E-state index in [0.29, 0.717) is 17.0 Å². The molecule has 2 rings (SSSR count). The van der Waals surface area contributed by atoms with Crippen LogP contribution in [0.15, 0.2) is 30.0 Å². The summed E-state index contributed by atoms with van der Waals surface area (Å²) in [6.45, 7) is 3.40. The first-order valence-corrected chi connectivity index (χ1v) is 4.59. The molecule has 0 radical (unpaired) electrons. The predicted molar refractivity (Wildman–Crippen MR) is 55.2 cm³/mol. The SMILES string of the molecule is CC1=CC(=O)N(c2cccnc2C)C1=O. The first-order valence-electron chi connectivity index (χ1n) is 4.59. The molecule has 1 aliphatic rings. The van der Waals surface area contributed by atoms with Gasteiger partial charge in [-0.2, -0.15) is 0 Å². The zero-order valence-corrected chi connectivity index (χ0v) is 8.52. The van der Waals surface area contributed by atoms with Crippen molar-refractivity contribution in [1.29, 1.82) is 0 Å². The van der Waals surface area contributed by atoms with E-state index < -0.39 is 0 Å². The molecule has 0 fully saturated rings. The van der Waals surface area contributed by atoms with Crippen LogP contribution in [0.1, 0.15) is 12.6 Å². The van der Waals surface area contributed by atoms with Crippen LogP contribution in [-0.4, -0.2) is 16.8 Å². The van der Waals surface area contributed by atoms with Gasteiger partial charge in [0.1, 0.15) is 0 Å². The van der Waals surface area contributed by atoms with E-state index in [1.54, 1.807) is 32.2 Å². The zero-order valence-electron chi connectivity index (χ0n) is 8.52. The minimum Gasteiger partial charge on any atom is -0.269 e. The lowest BCUT2D eigenvalue weighted by atomic mass is 10.2. The van der Waals surface area contributed by atoms with Gasteiger partial charge in [0.05, 0.1) is 11.4 Å². The Morgan fingerprint density at radius 1 is 1.27 bits per heavy atom. The molecule has 0 aliphatic carbocycles. The van der Waals surface area contributed by atoms with Gasteiger partial charge in [0.2, 0.25) is 0 Å². The van der Waals surface area contributed by atoms with Crippen molar-refractivity contribution < 1.29 is 9.59 Å². The van der Waals surface area contributed by atoms with Crippen LogP contribution >= 0.6 is 0 Å². The summed E-state index contributed by atoms with van der Waals surface area (Å²) in [5.41, 5.74) is 1.69. The Morgan fingerprint density at radius 3 is 2.53 bits per heavy atom. The lowest BCUT2D eigenvalue weighted by Gasteiger charge is -2.15. The van der Waals surface area contributed by atoms with Gasteiger partial charge < -0.3 is 0 Å². The van der Waals surface area contributed by atoms with Crippen LogP contribution in [0.5, 0.6) is 0 Å². The molecule has 2 amide bonds. The molecule has 1 aliphatic heterocycles. The quantitative estimate of drug-likeness (QED) is 0.643. The molecular formula is C11H10N2O2. The second-order valence-electron chi connectivity index (χ2n) is 3.41. The van der Waals surface area contributed by atoms with Crippen LogP contribution < -0.4 is 4.90 Å². The molecule has 0 saturated carbocycles. The normalized spacial score (nSPS) is 15.9. The van der Waals surface area contributed by atoms with Crippen molar-refractivity contribution in [3.63, 3.8) is 0 Å². The number of nitrogens with zero attached hydrogens (tertiary/aromatic N) is 2. The van der Waals surface area contributed by atoms with Gasteiger partial charge in [0.15, 0.2) is 0 Å². The summed E-state index contributed by atoms with van der Waals surface area (Å²) in [6.07, 6.45) is 2.97. The van der Waals surface area contributed by atoms with E-state index in [2.05, 4.69) is 4.98 Å². The number of rotatable bonds is 1. The van der Waals surface area contributed by atoms with Crippen molar-refractivity contribution >= 4 is 17.5 Å². The molecule has 0 unspecified atom stereocenters. The summed E-state index contributed by atoms with van der Waals surface area (Å²) in [5.74, 6) is -0.565. The maximum atomic E-state index is 11.7. The van der Waals surface area contributed by atoms with Crippen LogP contribution in [0.2, 0.25) is 0 Å². The third kappa shape index (κ3) is 1.44. The molecule has 4 heteroatoms. The average Bonchev–Trinajstić information content (AvgIpc) is 2.43. The summed E-state index contributed by atoms with van der Waals surface area (Å²) in [4.78, 5) is 28.4. The minimum atomic E-state index is -0.298. The number of amides is 2. The molecule has 1 aromatic rings. The Bertz CT molecular complexity index is 477. The van der Waals surface area contributed by atoms with Crippen LogP contribution in [0.4, 0.5) is 5.69 Å². The highest BCUT2D eigenvalue weighted by Crippen LogP contribution is 2.23. The van der Waals surface area contributed by atoms with Gasteiger partial charge in [-0.25, -0.2) is 4.90 Å². The van der Waals surface area contributed by atoms with E-state index in [4.69, 9.17) is 0 Å². The van der Waals surface area contributed by atoms with E-state index in [-0.39, 0.29) is 11.8 Å². The van der Waals surface area contributed by atoms with Crippen LogP contribution in [-0.2, 0) is 9.59 Å². The molecule has 2 heterocycles. The number of hydrogen-bond acceptors (Lipinski definition) is 3. The Kier molecular flexibility index (Phi) is 2.11. The topological polar surface area (TPSA) is 50.3 Å². The van der Waals surface area contributed by atoms with Crippen molar-refractivity contribution in [2.45, 2.75) is 13.8 Å².